The molecule has 2 heterocycles. The molecule has 9 atom stereocenters. The van der Waals surface area contributed by atoms with Crippen molar-refractivity contribution in [3.63, 3.8) is 0 Å². The summed E-state index contributed by atoms with van der Waals surface area (Å²) in [6.07, 6.45) is 13.4. The highest BCUT2D eigenvalue weighted by Gasteiger charge is 2.47. The van der Waals surface area contributed by atoms with Crippen LogP contribution in [0.3, 0.4) is 0 Å². The van der Waals surface area contributed by atoms with Gasteiger partial charge in [-0.1, -0.05) is 201 Å². The number of ether oxygens (including phenoxy) is 7. The molecule has 0 spiro atoms. The lowest BCUT2D eigenvalue weighted by atomic mass is 9.84. The van der Waals surface area contributed by atoms with Crippen molar-refractivity contribution in [1.82, 2.24) is 5.32 Å². The Bertz CT molecular complexity index is 2210. The number of hydrogen-bond acceptors (Lipinski definition) is 8. The van der Waals surface area contributed by atoms with E-state index in [1.807, 2.05) is 91.0 Å². The lowest BCUT2D eigenvalue weighted by molar-refractivity contribution is -0.343. The van der Waals surface area contributed by atoms with Crippen molar-refractivity contribution in [1.29, 1.82) is 0 Å². The van der Waals surface area contributed by atoms with E-state index in [9.17, 15) is 9.18 Å². The van der Waals surface area contributed by atoms with E-state index in [2.05, 4.69) is 50.4 Å². The average Bonchev–Trinajstić information content (AvgIpc) is 3.40. The van der Waals surface area contributed by atoms with E-state index in [0.29, 0.717) is 31.3 Å². The molecule has 0 saturated carbocycles. The molecule has 71 heavy (non-hydrogen) atoms. The first-order valence-electron chi connectivity index (χ1n) is 26.5. The van der Waals surface area contributed by atoms with Gasteiger partial charge in [0.2, 0.25) is 5.91 Å². The summed E-state index contributed by atoms with van der Waals surface area (Å²) in [5.41, 5.74) is 3.87. The molecule has 7 rings (SSSR count). The zero-order chi connectivity index (χ0) is 49.5. The second-order valence-electron chi connectivity index (χ2n) is 19.6. The van der Waals surface area contributed by atoms with E-state index in [-0.39, 0.29) is 54.9 Å². The predicted octanol–water partition coefficient (Wildman–Crippen LogP) is 14.0. The number of carbonyl (C=O) groups is 1. The molecule has 1 amide bonds. The van der Waals surface area contributed by atoms with E-state index in [1.165, 1.54) is 76.3 Å². The van der Waals surface area contributed by atoms with Crippen LogP contribution in [0.15, 0.2) is 140 Å². The van der Waals surface area contributed by atoms with Crippen molar-refractivity contribution in [3.05, 3.63) is 168 Å². The fraction of sp³-hybridized carbons (Fsp3) is 0.492. The quantitative estimate of drug-likeness (QED) is 0.0455. The van der Waals surface area contributed by atoms with Gasteiger partial charge in [0, 0.05) is 11.5 Å². The van der Waals surface area contributed by atoms with Crippen molar-refractivity contribution >= 4 is 5.91 Å². The van der Waals surface area contributed by atoms with Gasteiger partial charge >= 0.3 is 0 Å². The maximum absolute atomic E-state index is 14.4. The number of amides is 1. The topological polar surface area (TPSA) is 93.7 Å². The first-order valence-corrected chi connectivity index (χ1v) is 26.5. The molecule has 5 aromatic rings. The van der Waals surface area contributed by atoms with Crippen LogP contribution in [0.2, 0.25) is 0 Å². The smallest absolute Gasteiger partial charge is 0.224 e. The van der Waals surface area contributed by atoms with Crippen LogP contribution in [0.4, 0.5) is 4.39 Å². The Balaban J connectivity index is 1.08. The molecule has 0 radical (unpaired) electrons. The first kappa shape index (κ1) is 53.8. The van der Waals surface area contributed by atoms with Crippen LogP contribution in [0, 0.1) is 17.7 Å². The Kier molecular flexibility index (Phi) is 22.4. The molecule has 2 aliphatic rings. The number of hydrogen-bond donors (Lipinski definition) is 1. The number of benzene rings is 5. The van der Waals surface area contributed by atoms with Gasteiger partial charge in [-0.25, -0.2) is 4.39 Å². The second kappa shape index (κ2) is 29.5. The van der Waals surface area contributed by atoms with E-state index < -0.39 is 24.7 Å². The standard InChI is InChI=1S/C61H78FNO8/c1-4-5-6-7-8-9-10-11-12-13-14-24-31-55(65-41-48-25-18-15-19-26-48)59(66-42-49-27-20-16-21-28-49)54(63-57(64)40-47-32-36-52(37-33-47)69-53-38-34-51(62)35-39-53)43-67-60-46(3)45(2)58-56(70-60)44-68-61(71-58)50-29-22-17-23-30-50/h15-23,25-30,32-39,45-46,54-56,58-61H,4-14,24,31,40-44H2,1-3H3,(H,63,64)/t45-,46?,54+,55-,56?,58-,59+,60+,61?/m1/s1. The SMILES string of the molecule is CCCCCCCCCCCCCC[C@@H](OCc1ccccc1)[C@@H](OCc1ccccc1)[C@H](CO[C@H]1OC2COC(c3ccccc3)O[C@@H]2[C@H](C)C1C)NC(=O)Cc1ccc(Oc2ccc(F)cc2)cc1. The molecule has 10 heteroatoms. The van der Waals surface area contributed by atoms with Crippen LogP contribution in [-0.2, 0) is 52.9 Å². The van der Waals surface area contributed by atoms with Gasteiger partial charge in [0.15, 0.2) is 12.6 Å². The van der Waals surface area contributed by atoms with Crippen molar-refractivity contribution < 1.29 is 42.3 Å². The summed E-state index contributed by atoms with van der Waals surface area (Å²) in [5.74, 6) is 0.652. The average molecular weight is 972 g/mol. The molecule has 9 nitrogen and oxygen atoms in total. The molecular formula is C61H78FNO8. The highest BCUT2D eigenvalue weighted by molar-refractivity contribution is 5.79. The third kappa shape index (κ3) is 17.7. The molecule has 0 bridgehead atoms. The first-order chi connectivity index (χ1) is 34.8. The van der Waals surface area contributed by atoms with E-state index >= 15 is 0 Å². The largest absolute Gasteiger partial charge is 0.457 e. The molecule has 0 aliphatic carbocycles. The minimum atomic E-state index is -0.615. The Labute approximate surface area is 423 Å². The summed E-state index contributed by atoms with van der Waals surface area (Å²) >= 11 is 0. The van der Waals surface area contributed by atoms with Gasteiger partial charge < -0.3 is 38.5 Å². The molecule has 2 fully saturated rings. The highest BCUT2D eigenvalue weighted by atomic mass is 19.1. The fourth-order valence-corrected chi connectivity index (χ4v) is 9.68. The number of fused-ring (bicyclic) bond motifs is 1. The van der Waals surface area contributed by atoms with Crippen LogP contribution in [0.5, 0.6) is 11.5 Å². The van der Waals surface area contributed by atoms with Gasteiger partial charge in [0.25, 0.3) is 0 Å². The maximum atomic E-state index is 14.4. The third-order valence-electron chi connectivity index (χ3n) is 14.0. The summed E-state index contributed by atoms with van der Waals surface area (Å²) in [4.78, 5) is 14.4. The van der Waals surface area contributed by atoms with Crippen molar-refractivity contribution in [3.8, 4) is 11.5 Å². The second-order valence-corrected chi connectivity index (χ2v) is 19.6. The molecule has 2 saturated heterocycles. The van der Waals surface area contributed by atoms with E-state index in [0.717, 1.165) is 41.5 Å². The van der Waals surface area contributed by atoms with E-state index in [4.69, 9.17) is 33.2 Å². The highest BCUT2D eigenvalue weighted by Crippen LogP contribution is 2.40. The van der Waals surface area contributed by atoms with Crippen molar-refractivity contribution in [2.24, 2.45) is 11.8 Å². The Morgan fingerprint density at radius 2 is 1.18 bits per heavy atom. The molecule has 3 unspecified atom stereocenters. The summed E-state index contributed by atoms with van der Waals surface area (Å²) in [6.45, 7) is 7.81. The fourth-order valence-electron chi connectivity index (χ4n) is 9.68. The molecule has 5 aromatic carbocycles. The van der Waals surface area contributed by atoms with Gasteiger partial charge in [-0.05, 0) is 65.4 Å². The van der Waals surface area contributed by atoms with Crippen LogP contribution >= 0.6 is 0 Å². The van der Waals surface area contributed by atoms with Crippen LogP contribution in [-0.4, -0.2) is 55.9 Å². The zero-order valence-corrected chi connectivity index (χ0v) is 42.3. The van der Waals surface area contributed by atoms with Gasteiger partial charge in [0.05, 0.1) is 51.1 Å². The lowest BCUT2D eigenvalue weighted by Gasteiger charge is -2.48. The van der Waals surface area contributed by atoms with Gasteiger partial charge in [-0.15, -0.1) is 0 Å². The number of rotatable bonds is 30. The summed E-state index contributed by atoms with van der Waals surface area (Å²) in [5, 5.41) is 3.39. The maximum Gasteiger partial charge on any atom is 0.224 e. The minimum absolute atomic E-state index is 0.0346. The number of nitrogens with one attached hydrogen (secondary N) is 1. The normalized spacial score (nSPS) is 21.2. The third-order valence-corrected chi connectivity index (χ3v) is 14.0. The Morgan fingerprint density at radius 1 is 0.634 bits per heavy atom. The summed E-state index contributed by atoms with van der Waals surface area (Å²) in [6, 6.07) is 43.0. The van der Waals surface area contributed by atoms with Gasteiger partial charge in [-0.3, -0.25) is 4.79 Å². The molecule has 382 valence electrons. The van der Waals surface area contributed by atoms with Crippen molar-refractivity contribution in [2.45, 2.75) is 167 Å². The van der Waals surface area contributed by atoms with Crippen molar-refractivity contribution in [2.75, 3.05) is 13.2 Å². The zero-order valence-electron chi connectivity index (χ0n) is 42.3. The van der Waals surface area contributed by atoms with Gasteiger partial charge in [0.1, 0.15) is 29.5 Å². The predicted molar refractivity (Wildman–Crippen MR) is 277 cm³/mol. The molecule has 0 aromatic heterocycles. The summed E-state index contributed by atoms with van der Waals surface area (Å²) in [7, 11) is 0. The molecule has 2 aliphatic heterocycles. The minimum Gasteiger partial charge on any atom is -0.457 e. The van der Waals surface area contributed by atoms with Crippen LogP contribution < -0.4 is 10.1 Å². The Morgan fingerprint density at radius 3 is 1.79 bits per heavy atom. The molecule has 1 N–H and O–H groups in total. The van der Waals surface area contributed by atoms with Gasteiger partial charge in [-0.2, -0.15) is 0 Å². The summed E-state index contributed by atoms with van der Waals surface area (Å²) < 4.78 is 59.8. The van der Waals surface area contributed by atoms with E-state index in [1.54, 1.807) is 12.1 Å². The number of unbranched alkanes of at least 4 members (excludes halogenated alkanes) is 11. The Hall–Kier alpha value is -4.94. The molecular weight excluding hydrogens is 894 g/mol. The number of halogens is 1. The lowest BCUT2D eigenvalue weighted by Crippen LogP contribution is -2.57. The monoisotopic (exact) mass is 972 g/mol. The van der Waals surface area contributed by atoms with Crippen LogP contribution in [0.25, 0.3) is 0 Å². The van der Waals surface area contributed by atoms with Crippen LogP contribution in [0.1, 0.15) is 133 Å². The number of carbonyl (C=O) groups excluding carboxylic acids is 1.